The fourth-order valence-electron chi connectivity index (χ4n) is 2.82. The summed E-state index contributed by atoms with van der Waals surface area (Å²) in [6, 6.07) is 7.59. The molecule has 2 rings (SSSR count). The van der Waals surface area contributed by atoms with Crippen LogP contribution in [0.15, 0.2) is 24.3 Å². The normalized spacial score (nSPS) is 19.3. The largest absolute Gasteiger partial charge is 0.370 e. The molecule has 1 aliphatic rings. The van der Waals surface area contributed by atoms with Gasteiger partial charge >= 0.3 is 6.03 Å². The van der Waals surface area contributed by atoms with Crippen molar-refractivity contribution in [1.82, 2.24) is 10.6 Å². The van der Waals surface area contributed by atoms with E-state index in [1.807, 2.05) is 12.1 Å². The van der Waals surface area contributed by atoms with Crippen molar-refractivity contribution in [3.05, 3.63) is 29.8 Å². The number of urea groups is 1. The number of anilines is 1. The number of carbonyl (C=O) groups excluding carboxylic acids is 1. The number of hydrogen-bond acceptors (Lipinski definition) is 4. The van der Waals surface area contributed by atoms with E-state index in [0.717, 1.165) is 6.54 Å². The Balaban J connectivity index is 1.77. The summed E-state index contributed by atoms with van der Waals surface area (Å²) in [7, 11) is -2.97. The van der Waals surface area contributed by atoms with E-state index in [0.29, 0.717) is 19.5 Å². The number of nitrogens with zero attached hydrogens (tertiary/aromatic N) is 1. The molecule has 0 saturated carbocycles. The molecule has 0 radical (unpaired) electrons. The lowest BCUT2D eigenvalue weighted by molar-refractivity contribution is 0.238. The number of sulfone groups is 1. The van der Waals surface area contributed by atoms with Gasteiger partial charge in [0.2, 0.25) is 0 Å². The van der Waals surface area contributed by atoms with Gasteiger partial charge in [-0.15, -0.1) is 0 Å². The van der Waals surface area contributed by atoms with Gasteiger partial charge in [0.1, 0.15) is 0 Å². The zero-order valence-corrected chi connectivity index (χ0v) is 14.5. The molecular weight excluding hydrogens is 314 g/mol. The number of likely N-dealkylation sites (N-methyl/N-ethyl adjacent to an activating group) is 1. The Hall–Kier alpha value is -1.76. The Morgan fingerprint density at radius 3 is 2.70 bits per heavy atom. The van der Waals surface area contributed by atoms with Crippen molar-refractivity contribution in [1.29, 1.82) is 0 Å². The smallest absolute Gasteiger partial charge is 0.315 e. The molecule has 1 heterocycles. The van der Waals surface area contributed by atoms with Crippen LogP contribution in [0.3, 0.4) is 0 Å². The van der Waals surface area contributed by atoms with Crippen molar-refractivity contribution in [2.24, 2.45) is 0 Å². The van der Waals surface area contributed by atoms with Crippen LogP contribution in [0, 0.1) is 6.92 Å². The summed E-state index contributed by atoms with van der Waals surface area (Å²) in [6.07, 6.45) is 0.500. The first kappa shape index (κ1) is 17.6. The Labute approximate surface area is 138 Å². The van der Waals surface area contributed by atoms with Gasteiger partial charge in [-0.25, -0.2) is 13.2 Å². The molecule has 1 aromatic rings. The topological polar surface area (TPSA) is 78.5 Å². The molecule has 1 aliphatic heterocycles. The standard InChI is InChI=1S/C16H25N3O3S/c1-3-19(15-7-5-4-6-13(15)2)10-9-17-16(20)18-14-8-11-23(21,22)12-14/h4-7,14H,3,8-12H2,1-2H3,(H2,17,18,20)/t14-/m1/s1. The minimum absolute atomic E-state index is 0.0463. The highest BCUT2D eigenvalue weighted by atomic mass is 32.2. The molecular formula is C16H25N3O3S. The number of para-hydroxylation sites is 1. The van der Waals surface area contributed by atoms with Gasteiger partial charge in [0, 0.05) is 31.4 Å². The van der Waals surface area contributed by atoms with E-state index in [-0.39, 0.29) is 23.6 Å². The lowest BCUT2D eigenvalue weighted by Crippen LogP contribution is -2.45. The van der Waals surface area contributed by atoms with Crippen LogP contribution in [0.4, 0.5) is 10.5 Å². The highest BCUT2D eigenvalue weighted by Gasteiger charge is 2.28. The molecule has 0 aliphatic carbocycles. The minimum atomic E-state index is -2.97. The summed E-state index contributed by atoms with van der Waals surface area (Å²) in [5.74, 6) is 0.208. The fourth-order valence-corrected chi connectivity index (χ4v) is 4.49. The van der Waals surface area contributed by atoms with Gasteiger partial charge in [0.15, 0.2) is 9.84 Å². The molecule has 1 aromatic carbocycles. The summed E-state index contributed by atoms with van der Waals surface area (Å²) < 4.78 is 22.8. The van der Waals surface area contributed by atoms with E-state index in [1.54, 1.807) is 0 Å². The molecule has 0 spiro atoms. The maximum absolute atomic E-state index is 11.8. The van der Waals surface area contributed by atoms with Crippen LogP contribution in [-0.4, -0.2) is 51.6 Å². The number of carbonyl (C=O) groups is 1. The Morgan fingerprint density at radius 1 is 1.35 bits per heavy atom. The lowest BCUT2D eigenvalue weighted by Gasteiger charge is -2.25. The number of hydrogen-bond donors (Lipinski definition) is 2. The van der Waals surface area contributed by atoms with E-state index in [2.05, 4.69) is 41.5 Å². The van der Waals surface area contributed by atoms with Crippen LogP contribution in [0.25, 0.3) is 0 Å². The van der Waals surface area contributed by atoms with E-state index >= 15 is 0 Å². The summed E-state index contributed by atoms with van der Waals surface area (Å²) in [6.45, 7) is 6.22. The Kier molecular flexibility index (Phi) is 5.87. The van der Waals surface area contributed by atoms with Gasteiger partial charge in [0.05, 0.1) is 11.5 Å². The zero-order chi connectivity index (χ0) is 16.9. The third-order valence-electron chi connectivity index (χ3n) is 4.07. The lowest BCUT2D eigenvalue weighted by atomic mass is 10.2. The summed E-state index contributed by atoms with van der Waals surface area (Å²) in [4.78, 5) is 14.1. The van der Waals surface area contributed by atoms with Crippen LogP contribution in [-0.2, 0) is 9.84 Å². The summed E-state index contributed by atoms with van der Waals surface area (Å²) in [5.41, 5.74) is 2.37. The Bertz CT molecular complexity index is 646. The van der Waals surface area contributed by atoms with Crippen LogP contribution in [0.5, 0.6) is 0 Å². The first-order valence-electron chi connectivity index (χ1n) is 7.96. The quantitative estimate of drug-likeness (QED) is 0.819. The molecule has 2 N–H and O–H groups in total. The van der Waals surface area contributed by atoms with Crippen LogP contribution < -0.4 is 15.5 Å². The summed E-state index contributed by atoms with van der Waals surface area (Å²) >= 11 is 0. The van der Waals surface area contributed by atoms with Crippen LogP contribution in [0.2, 0.25) is 0 Å². The monoisotopic (exact) mass is 339 g/mol. The predicted octanol–water partition coefficient (Wildman–Crippen LogP) is 1.31. The van der Waals surface area contributed by atoms with Crippen molar-refractivity contribution in [3.8, 4) is 0 Å². The first-order valence-corrected chi connectivity index (χ1v) is 9.79. The molecule has 23 heavy (non-hydrogen) atoms. The van der Waals surface area contributed by atoms with Crippen molar-refractivity contribution in [2.75, 3.05) is 36.0 Å². The number of rotatable bonds is 6. The average molecular weight is 339 g/mol. The Morgan fingerprint density at radius 2 is 2.09 bits per heavy atom. The van der Waals surface area contributed by atoms with Gasteiger partial charge in [-0.3, -0.25) is 0 Å². The molecule has 0 unspecified atom stereocenters. The van der Waals surface area contributed by atoms with Gasteiger partial charge in [0.25, 0.3) is 0 Å². The number of nitrogens with one attached hydrogen (secondary N) is 2. The van der Waals surface area contributed by atoms with Gasteiger partial charge in [-0.1, -0.05) is 18.2 Å². The van der Waals surface area contributed by atoms with Crippen molar-refractivity contribution in [2.45, 2.75) is 26.3 Å². The molecule has 1 fully saturated rings. The fraction of sp³-hybridized carbons (Fsp3) is 0.562. The maximum atomic E-state index is 11.8. The summed E-state index contributed by atoms with van der Waals surface area (Å²) in [5, 5.41) is 5.53. The molecule has 128 valence electrons. The highest BCUT2D eigenvalue weighted by Crippen LogP contribution is 2.18. The number of benzene rings is 1. The first-order chi connectivity index (χ1) is 10.9. The van der Waals surface area contributed by atoms with Gasteiger partial charge in [-0.05, 0) is 31.9 Å². The van der Waals surface area contributed by atoms with E-state index < -0.39 is 9.84 Å². The molecule has 0 aromatic heterocycles. The third kappa shape index (κ3) is 5.13. The molecule has 0 bridgehead atoms. The van der Waals surface area contributed by atoms with Gasteiger partial charge in [-0.2, -0.15) is 0 Å². The van der Waals surface area contributed by atoms with Crippen molar-refractivity contribution in [3.63, 3.8) is 0 Å². The van der Waals surface area contributed by atoms with E-state index in [1.165, 1.54) is 11.3 Å². The molecule has 7 heteroatoms. The number of aryl methyl sites for hydroxylation is 1. The van der Waals surface area contributed by atoms with Crippen molar-refractivity contribution >= 4 is 21.6 Å². The molecule has 1 saturated heterocycles. The molecule has 6 nitrogen and oxygen atoms in total. The van der Waals surface area contributed by atoms with Gasteiger partial charge < -0.3 is 15.5 Å². The maximum Gasteiger partial charge on any atom is 0.315 e. The second-order valence-electron chi connectivity index (χ2n) is 5.87. The number of amides is 2. The van der Waals surface area contributed by atoms with Crippen molar-refractivity contribution < 1.29 is 13.2 Å². The predicted molar refractivity (Wildman–Crippen MR) is 92.7 cm³/mol. The SMILES string of the molecule is CCN(CCNC(=O)N[C@@H]1CCS(=O)(=O)C1)c1ccccc1C. The van der Waals surface area contributed by atoms with E-state index in [9.17, 15) is 13.2 Å². The molecule has 1 atom stereocenters. The van der Waals surface area contributed by atoms with Crippen LogP contribution >= 0.6 is 0 Å². The second kappa shape index (κ2) is 7.68. The minimum Gasteiger partial charge on any atom is -0.370 e. The van der Waals surface area contributed by atoms with Crippen LogP contribution in [0.1, 0.15) is 18.9 Å². The van der Waals surface area contributed by atoms with E-state index in [4.69, 9.17) is 0 Å². The highest BCUT2D eigenvalue weighted by molar-refractivity contribution is 7.91. The second-order valence-corrected chi connectivity index (χ2v) is 8.10. The zero-order valence-electron chi connectivity index (χ0n) is 13.7. The average Bonchev–Trinajstić information content (AvgIpc) is 2.83. The third-order valence-corrected chi connectivity index (χ3v) is 5.84. The molecule has 2 amide bonds.